The Morgan fingerprint density at radius 2 is 1.73 bits per heavy atom. The molecule has 1 heterocycles. The van der Waals surface area contributed by atoms with E-state index in [0.717, 1.165) is 17.7 Å². The van der Waals surface area contributed by atoms with E-state index in [1.165, 1.54) is 17.9 Å². The van der Waals surface area contributed by atoms with E-state index >= 15 is 0 Å². The molecule has 1 aromatic heterocycles. The van der Waals surface area contributed by atoms with Gasteiger partial charge in [-0.05, 0) is 0 Å². The number of imidazole rings is 1. The van der Waals surface area contributed by atoms with Gasteiger partial charge >= 0.3 is 0 Å². The number of anilines is 1. The van der Waals surface area contributed by atoms with E-state index in [2.05, 4.69) is 4.98 Å². The van der Waals surface area contributed by atoms with Gasteiger partial charge in [-0.2, -0.15) is 0 Å². The van der Waals surface area contributed by atoms with E-state index in [4.69, 9.17) is 10.5 Å². The number of rotatable bonds is 3. The average Bonchev–Trinajstić information content (AvgIpc) is 2.89. The Kier molecular flexibility index (Phi) is 3.50. The van der Waals surface area contributed by atoms with Gasteiger partial charge in [-0.25, -0.2) is 13.8 Å². The van der Waals surface area contributed by atoms with Crippen molar-refractivity contribution >= 4 is 5.95 Å². The standard InChI is InChI=1S/C16H13F2N3O/c1-22-11-7-12(17)15(13(18)8-11)21-9-14(20-16(21)19)10-5-3-2-4-6-10/h2-9H,1H3,(H2,19,20). The molecule has 0 aliphatic rings. The van der Waals surface area contributed by atoms with Crippen LogP contribution in [-0.2, 0) is 0 Å². The Morgan fingerprint density at radius 1 is 1.09 bits per heavy atom. The van der Waals surface area contributed by atoms with Crippen LogP contribution >= 0.6 is 0 Å². The smallest absolute Gasteiger partial charge is 0.205 e. The first-order valence-electron chi connectivity index (χ1n) is 6.54. The van der Waals surface area contributed by atoms with Crippen molar-refractivity contribution in [3.8, 4) is 22.7 Å². The summed E-state index contributed by atoms with van der Waals surface area (Å²) >= 11 is 0. The minimum atomic E-state index is -0.777. The van der Waals surface area contributed by atoms with Crippen LogP contribution < -0.4 is 10.5 Å². The molecular formula is C16H13F2N3O. The summed E-state index contributed by atoms with van der Waals surface area (Å²) in [5.74, 6) is -1.45. The van der Waals surface area contributed by atoms with Crippen LogP contribution in [0.15, 0.2) is 48.7 Å². The zero-order valence-electron chi connectivity index (χ0n) is 11.8. The molecule has 0 aliphatic carbocycles. The molecule has 0 fully saturated rings. The minimum absolute atomic E-state index is 0.00169. The van der Waals surface area contributed by atoms with E-state index in [-0.39, 0.29) is 17.4 Å². The predicted molar refractivity (Wildman–Crippen MR) is 79.9 cm³/mol. The van der Waals surface area contributed by atoms with E-state index in [1.807, 2.05) is 30.3 Å². The highest BCUT2D eigenvalue weighted by Gasteiger charge is 2.17. The largest absolute Gasteiger partial charge is 0.497 e. The summed E-state index contributed by atoms with van der Waals surface area (Å²) in [5, 5.41) is 0. The van der Waals surface area contributed by atoms with Gasteiger partial charge in [0, 0.05) is 23.9 Å². The number of nitrogen functional groups attached to an aromatic ring is 1. The lowest BCUT2D eigenvalue weighted by Gasteiger charge is -2.09. The van der Waals surface area contributed by atoms with Crippen LogP contribution in [0.5, 0.6) is 5.75 Å². The summed E-state index contributed by atoms with van der Waals surface area (Å²) in [4.78, 5) is 4.16. The van der Waals surface area contributed by atoms with E-state index < -0.39 is 11.6 Å². The van der Waals surface area contributed by atoms with Crippen LogP contribution in [0.4, 0.5) is 14.7 Å². The maximum atomic E-state index is 14.2. The Balaban J connectivity index is 2.12. The van der Waals surface area contributed by atoms with Crippen LogP contribution in [0, 0.1) is 11.6 Å². The highest BCUT2D eigenvalue weighted by Crippen LogP contribution is 2.28. The normalized spacial score (nSPS) is 10.7. The van der Waals surface area contributed by atoms with Crippen LogP contribution in [-0.4, -0.2) is 16.7 Å². The molecule has 0 unspecified atom stereocenters. The fourth-order valence-corrected chi connectivity index (χ4v) is 2.21. The van der Waals surface area contributed by atoms with Gasteiger partial charge in [-0.3, -0.25) is 4.57 Å². The topological polar surface area (TPSA) is 53.1 Å². The molecule has 22 heavy (non-hydrogen) atoms. The third kappa shape index (κ3) is 2.39. The Bertz CT molecular complexity index is 793. The summed E-state index contributed by atoms with van der Waals surface area (Å²) in [6.07, 6.45) is 1.50. The van der Waals surface area contributed by atoms with Gasteiger partial charge in [0.2, 0.25) is 5.95 Å². The number of hydrogen-bond acceptors (Lipinski definition) is 3. The lowest BCUT2D eigenvalue weighted by atomic mass is 10.2. The van der Waals surface area contributed by atoms with E-state index in [0.29, 0.717) is 5.69 Å². The minimum Gasteiger partial charge on any atom is -0.497 e. The van der Waals surface area contributed by atoms with Crippen molar-refractivity contribution in [2.75, 3.05) is 12.8 Å². The van der Waals surface area contributed by atoms with Gasteiger partial charge < -0.3 is 10.5 Å². The molecular weight excluding hydrogens is 288 g/mol. The number of ether oxygens (including phenoxy) is 1. The van der Waals surface area contributed by atoms with Crippen molar-refractivity contribution in [1.29, 1.82) is 0 Å². The van der Waals surface area contributed by atoms with Gasteiger partial charge in [-0.15, -0.1) is 0 Å². The van der Waals surface area contributed by atoms with Crippen LogP contribution in [0.1, 0.15) is 0 Å². The number of methoxy groups -OCH3 is 1. The summed E-state index contributed by atoms with van der Waals surface area (Å²) < 4.78 is 34.3. The summed E-state index contributed by atoms with van der Waals surface area (Å²) in [6.45, 7) is 0. The lowest BCUT2D eigenvalue weighted by molar-refractivity contribution is 0.406. The van der Waals surface area contributed by atoms with Crippen LogP contribution in [0.25, 0.3) is 16.9 Å². The first-order chi connectivity index (χ1) is 10.6. The average molecular weight is 301 g/mol. The van der Waals surface area contributed by atoms with Crippen LogP contribution in [0.3, 0.4) is 0 Å². The molecule has 0 radical (unpaired) electrons. The molecule has 3 rings (SSSR count). The van der Waals surface area contributed by atoms with Gasteiger partial charge in [0.25, 0.3) is 0 Å². The maximum absolute atomic E-state index is 14.2. The molecule has 112 valence electrons. The van der Waals surface area contributed by atoms with Crippen molar-refractivity contribution in [3.05, 3.63) is 60.3 Å². The molecule has 0 saturated heterocycles. The monoisotopic (exact) mass is 301 g/mol. The summed E-state index contributed by atoms with van der Waals surface area (Å²) in [6, 6.07) is 11.4. The van der Waals surface area contributed by atoms with Crippen molar-refractivity contribution in [3.63, 3.8) is 0 Å². The first-order valence-corrected chi connectivity index (χ1v) is 6.54. The SMILES string of the molecule is COc1cc(F)c(-n2cc(-c3ccccc3)nc2N)c(F)c1. The lowest BCUT2D eigenvalue weighted by Crippen LogP contribution is -2.05. The number of aromatic nitrogens is 2. The number of benzene rings is 2. The molecule has 4 nitrogen and oxygen atoms in total. The van der Waals surface area contributed by atoms with Crippen molar-refractivity contribution < 1.29 is 13.5 Å². The second-order valence-corrected chi connectivity index (χ2v) is 4.66. The highest BCUT2D eigenvalue weighted by molar-refractivity contribution is 5.62. The molecule has 3 aromatic rings. The van der Waals surface area contributed by atoms with Gasteiger partial charge in [-0.1, -0.05) is 30.3 Å². The Hall–Kier alpha value is -2.89. The molecule has 0 spiro atoms. The first kappa shape index (κ1) is 14.1. The zero-order valence-corrected chi connectivity index (χ0v) is 11.8. The van der Waals surface area contributed by atoms with Crippen molar-refractivity contribution in [2.24, 2.45) is 0 Å². The molecule has 0 saturated carbocycles. The van der Waals surface area contributed by atoms with E-state index in [9.17, 15) is 8.78 Å². The van der Waals surface area contributed by atoms with Gasteiger partial charge in [0.1, 0.15) is 11.4 Å². The predicted octanol–water partition coefficient (Wildman–Crippen LogP) is 3.41. The quantitative estimate of drug-likeness (QED) is 0.806. The molecule has 2 aromatic carbocycles. The number of nitrogens with two attached hydrogens (primary N) is 1. The molecule has 0 amide bonds. The van der Waals surface area contributed by atoms with Crippen molar-refractivity contribution in [2.45, 2.75) is 0 Å². The van der Waals surface area contributed by atoms with Gasteiger partial charge in [0.15, 0.2) is 11.6 Å². The molecule has 0 atom stereocenters. The number of halogens is 2. The fraction of sp³-hybridized carbons (Fsp3) is 0.0625. The Morgan fingerprint density at radius 3 is 2.32 bits per heavy atom. The second kappa shape index (κ2) is 5.48. The maximum Gasteiger partial charge on any atom is 0.205 e. The highest BCUT2D eigenvalue weighted by atomic mass is 19.1. The Labute approximate surface area is 125 Å². The molecule has 6 heteroatoms. The third-order valence-electron chi connectivity index (χ3n) is 3.27. The molecule has 0 bridgehead atoms. The summed E-state index contributed by atoms with van der Waals surface area (Å²) in [7, 11) is 1.34. The van der Waals surface area contributed by atoms with Crippen LogP contribution in [0.2, 0.25) is 0 Å². The van der Waals surface area contributed by atoms with E-state index in [1.54, 1.807) is 0 Å². The number of hydrogen-bond donors (Lipinski definition) is 1. The molecule has 2 N–H and O–H groups in total. The second-order valence-electron chi connectivity index (χ2n) is 4.66. The zero-order chi connectivity index (χ0) is 15.7. The summed E-state index contributed by atoms with van der Waals surface area (Å²) in [5.41, 5.74) is 6.86. The van der Waals surface area contributed by atoms with Crippen molar-refractivity contribution in [1.82, 2.24) is 9.55 Å². The molecule has 0 aliphatic heterocycles. The fourth-order valence-electron chi connectivity index (χ4n) is 2.21. The van der Waals surface area contributed by atoms with Gasteiger partial charge in [0.05, 0.1) is 12.8 Å². The third-order valence-corrected chi connectivity index (χ3v) is 3.27. The number of nitrogens with zero attached hydrogens (tertiary/aromatic N) is 2.